The molecule has 0 radical (unpaired) electrons. The minimum absolute atomic E-state index is 0.155. The lowest BCUT2D eigenvalue weighted by atomic mass is 9.91. The molecular weight excluding hydrogens is 448 g/mol. The second kappa shape index (κ2) is 9.87. The molecule has 5 rings (SSSR count). The molecule has 1 aliphatic carbocycles. The highest BCUT2D eigenvalue weighted by atomic mass is 35.5. The van der Waals surface area contributed by atoms with E-state index in [1.165, 1.54) is 0 Å². The zero-order valence-electron chi connectivity index (χ0n) is 19.0. The van der Waals surface area contributed by atoms with Gasteiger partial charge in [0.05, 0.1) is 16.0 Å². The standard InChI is InChI=1S/C27H27ClN4O2/c1-29-17-7-9-18(10-8-17)32-24-13-14-30-27-25(24)22(16-31-27)26(33)21-12-11-20(15-23(21)28)34-19-5-3-2-4-6-19/h2-6,11-18,29H,7-10H2,1H3,(H2,30,31,32)/t17-,18+. The Morgan fingerprint density at radius 2 is 1.76 bits per heavy atom. The number of nitrogens with zero attached hydrogens (tertiary/aromatic N) is 1. The largest absolute Gasteiger partial charge is 0.457 e. The lowest BCUT2D eigenvalue weighted by molar-refractivity contribution is 0.104. The highest BCUT2D eigenvalue weighted by Gasteiger charge is 2.23. The van der Waals surface area contributed by atoms with Crippen molar-refractivity contribution in [3.8, 4) is 11.5 Å². The van der Waals surface area contributed by atoms with Crippen molar-refractivity contribution >= 4 is 34.1 Å². The van der Waals surface area contributed by atoms with Crippen LogP contribution in [0.4, 0.5) is 5.69 Å². The van der Waals surface area contributed by atoms with Crippen molar-refractivity contribution in [3.05, 3.63) is 83.1 Å². The number of carbonyl (C=O) groups is 1. The van der Waals surface area contributed by atoms with Gasteiger partial charge in [0.15, 0.2) is 5.78 Å². The van der Waals surface area contributed by atoms with Crippen molar-refractivity contribution in [2.24, 2.45) is 0 Å². The molecule has 6 nitrogen and oxygen atoms in total. The summed E-state index contributed by atoms with van der Waals surface area (Å²) >= 11 is 6.53. The van der Waals surface area contributed by atoms with Gasteiger partial charge >= 0.3 is 0 Å². The predicted octanol–water partition coefficient (Wildman–Crippen LogP) is 6.18. The van der Waals surface area contributed by atoms with Crippen molar-refractivity contribution in [1.29, 1.82) is 0 Å². The average Bonchev–Trinajstić information content (AvgIpc) is 3.30. The highest BCUT2D eigenvalue weighted by molar-refractivity contribution is 6.35. The fourth-order valence-corrected chi connectivity index (χ4v) is 4.87. The van der Waals surface area contributed by atoms with E-state index in [1.54, 1.807) is 30.6 Å². The molecule has 0 amide bonds. The maximum atomic E-state index is 13.5. The van der Waals surface area contributed by atoms with Crippen LogP contribution in [-0.2, 0) is 0 Å². The Hall–Kier alpha value is -3.35. The van der Waals surface area contributed by atoms with E-state index in [1.807, 2.05) is 43.4 Å². The lowest BCUT2D eigenvalue weighted by Crippen LogP contribution is -2.35. The molecular formula is C27H27ClN4O2. The average molecular weight is 475 g/mol. The Balaban J connectivity index is 1.40. The zero-order chi connectivity index (χ0) is 23.5. The monoisotopic (exact) mass is 474 g/mol. The predicted molar refractivity (Wildman–Crippen MR) is 136 cm³/mol. The van der Waals surface area contributed by atoms with Crippen LogP contribution >= 0.6 is 11.6 Å². The van der Waals surface area contributed by atoms with Gasteiger partial charge in [0.1, 0.15) is 17.1 Å². The second-order valence-electron chi connectivity index (χ2n) is 8.65. The maximum absolute atomic E-state index is 13.5. The molecule has 0 spiro atoms. The van der Waals surface area contributed by atoms with Crippen molar-refractivity contribution in [3.63, 3.8) is 0 Å². The summed E-state index contributed by atoms with van der Waals surface area (Å²) in [6, 6.07) is 17.5. The van der Waals surface area contributed by atoms with Gasteiger partial charge < -0.3 is 20.4 Å². The molecule has 0 saturated heterocycles. The van der Waals surface area contributed by atoms with Gasteiger partial charge in [-0.05, 0) is 63.1 Å². The molecule has 1 aliphatic rings. The van der Waals surface area contributed by atoms with Crippen molar-refractivity contribution in [2.45, 2.75) is 37.8 Å². The van der Waals surface area contributed by atoms with Crippen LogP contribution in [0.25, 0.3) is 11.0 Å². The third-order valence-corrected chi connectivity index (χ3v) is 6.79. The van der Waals surface area contributed by atoms with Gasteiger partial charge in [-0.15, -0.1) is 0 Å². The Kier molecular flexibility index (Phi) is 6.52. The number of pyridine rings is 1. The molecule has 0 aliphatic heterocycles. The Bertz CT molecular complexity index is 1300. The molecule has 1 fully saturated rings. The molecule has 1 saturated carbocycles. The summed E-state index contributed by atoms with van der Waals surface area (Å²) < 4.78 is 5.85. The van der Waals surface area contributed by atoms with E-state index in [-0.39, 0.29) is 5.78 Å². The SMILES string of the molecule is CN[C@H]1CC[C@@H](Nc2ccnc3[nH]cc(C(=O)c4ccc(Oc5ccccc5)cc4Cl)c23)CC1. The summed E-state index contributed by atoms with van der Waals surface area (Å²) in [5.74, 6) is 1.13. The van der Waals surface area contributed by atoms with Gasteiger partial charge in [-0.2, -0.15) is 0 Å². The molecule has 4 aromatic rings. The quantitative estimate of drug-likeness (QED) is 0.279. The number of para-hydroxylation sites is 1. The molecule has 2 aromatic heterocycles. The number of anilines is 1. The van der Waals surface area contributed by atoms with E-state index in [0.717, 1.165) is 36.8 Å². The number of nitrogens with one attached hydrogen (secondary N) is 3. The number of aromatic amines is 1. The van der Waals surface area contributed by atoms with Crippen LogP contribution in [-0.4, -0.2) is 34.9 Å². The number of carbonyl (C=O) groups excluding carboxylic acids is 1. The summed E-state index contributed by atoms with van der Waals surface area (Å²) in [7, 11) is 2.02. The van der Waals surface area contributed by atoms with Crippen LogP contribution in [0.5, 0.6) is 11.5 Å². The maximum Gasteiger partial charge on any atom is 0.196 e. The van der Waals surface area contributed by atoms with Gasteiger partial charge in [-0.1, -0.05) is 29.8 Å². The number of halogens is 1. The first-order valence-electron chi connectivity index (χ1n) is 11.6. The Morgan fingerprint density at radius 1 is 1.00 bits per heavy atom. The topological polar surface area (TPSA) is 79.0 Å². The van der Waals surface area contributed by atoms with Gasteiger partial charge in [0, 0.05) is 41.8 Å². The molecule has 0 atom stereocenters. The second-order valence-corrected chi connectivity index (χ2v) is 9.06. The van der Waals surface area contributed by atoms with Crippen molar-refractivity contribution < 1.29 is 9.53 Å². The van der Waals surface area contributed by atoms with E-state index < -0.39 is 0 Å². The van der Waals surface area contributed by atoms with Gasteiger partial charge in [-0.25, -0.2) is 4.98 Å². The smallest absolute Gasteiger partial charge is 0.196 e. The van der Waals surface area contributed by atoms with Crippen LogP contribution in [0.3, 0.4) is 0 Å². The fourth-order valence-electron chi connectivity index (χ4n) is 4.62. The first kappa shape index (κ1) is 22.4. The van der Waals surface area contributed by atoms with Gasteiger partial charge in [0.25, 0.3) is 0 Å². The van der Waals surface area contributed by atoms with E-state index in [0.29, 0.717) is 45.4 Å². The van der Waals surface area contributed by atoms with Crippen LogP contribution in [0, 0.1) is 0 Å². The molecule has 174 valence electrons. The first-order chi connectivity index (χ1) is 16.6. The third-order valence-electron chi connectivity index (χ3n) is 6.48. The summed E-state index contributed by atoms with van der Waals surface area (Å²) in [6.07, 6.45) is 7.91. The summed E-state index contributed by atoms with van der Waals surface area (Å²) in [5.41, 5.74) is 2.57. The lowest BCUT2D eigenvalue weighted by Gasteiger charge is -2.29. The number of rotatable bonds is 7. The van der Waals surface area contributed by atoms with Crippen LogP contribution in [0.15, 0.2) is 67.0 Å². The van der Waals surface area contributed by atoms with Crippen LogP contribution in [0.1, 0.15) is 41.6 Å². The number of ketones is 1. The van der Waals surface area contributed by atoms with Gasteiger partial charge in [0.2, 0.25) is 0 Å². The molecule has 0 unspecified atom stereocenters. The van der Waals surface area contributed by atoms with Crippen LogP contribution in [0.2, 0.25) is 5.02 Å². The molecule has 7 heteroatoms. The molecule has 3 N–H and O–H groups in total. The van der Waals surface area contributed by atoms with E-state index in [4.69, 9.17) is 16.3 Å². The zero-order valence-corrected chi connectivity index (χ0v) is 19.7. The van der Waals surface area contributed by atoms with Crippen LogP contribution < -0.4 is 15.4 Å². The normalized spacial score (nSPS) is 18.1. The van der Waals surface area contributed by atoms with Crippen molar-refractivity contribution in [2.75, 3.05) is 12.4 Å². The van der Waals surface area contributed by atoms with E-state index >= 15 is 0 Å². The summed E-state index contributed by atoms with van der Waals surface area (Å²) in [4.78, 5) is 21.1. The van der Waals surface area contributed by atoms with E-state index in [2.05, 4.69) is 20.6 Å². The summed E-state index contributed by atoms with van der Waals surface area (Å²) in [6.45, 7) is 0. The molecule has 2 aromatic carbocycles. The summed E-state index contributed by atoms with van der Waals surface area (Å²) in [5, 5.41) is 8.17. The Morgan fingerprint density at radius 3 is 2.50 bits per heavy atom. The number of benzene rings is 2. The van der Waals surface area contributed by atoms with Gasteiger partial charge in [-0.3, -0.25) is 4.79 Å². The van der Waals surface area contributed by atoms with Crippen molar-refractivity contribution in [1.82, 2.24) is 15.3 Å². The number of ether oxygens (including phenoxy) is 1. The molecule has 34 heavy (non-hydrogen) atoms. The first-order valence-corrected chi connectivity index (χ1v) is 12.0. The number of H-pyrrole nitrogens is 1. The minimum atomic E-state index is -0.155. The molecule has 2 heterocycles. The molecule has 0 bridgehead atoms. The number of hydrogen-bond donors (Lipinski definition) is 3. The third kappa shape index (κ3) is 4.65. The number of hydrogen-bond acceptors (Lipinski definition) is 5. The Labute approximate surface area is 203 Å². The number of aromatic nitrogens is 2. The number of fused-ring (bicyclic) bond motifs is 1. The fraction of sp³-hybridized carbons (Fsp3) is 0.259. The minimum Gasteiger partial charge on any atom is -0.457 e. The highest BCUT2D eigenvalue weighted by Crippen LogP contribution is 2.33. The van der Waals surface area contributed by atoms with E-state index in [9.17, 15) is 4.79 Å².